The number of carbonyl (C=O) groups is 3. The Balaban J connectivity index is 2.47. The molecule has 0 radical (unpaired) electrons. The Morgan fingerprint density at radius 3 is 2.40 bits per heavy atom. The molecule has 6 nitrogen and oxygen atoms in total. The molecule has 0 aliphatic carbocycles. The van der Waals surface area contributed by atoms with Crippen LogP contribution in [0.25, 0.3) is 6.08 Å². The van der Waals surface area contributed by atoms with Crippen LogP contribution in [0.3, 0.4) is 0 Å². The van der Waals surface area contributed by atoms with Crippen LogP contribution in [0, 0.1) is 11.7 Å². The minimum Gasteiger partial charge on any atom is -0.467 e. The summed E-state index contributed by atoms with van der Waals surface area (Å²) < 4.78 is 22.2. The number of rotatable bonds is 8. The van der Waals surface area contributed by atoms with Gasteiger partial charge in [0.15, 0.2) is 6.61 Å². The van der Waals surface area contributed by atoms with Gasteiger partial charge in [0.2, 0.25) is 0 Å². The minimum absolute atomic E-state index is 0.172. The topological polar surface area (TPSA) is 81.7 Å². The van der Waals surface area contributed by atoms with Crippen molar-refractivity contribution in [3.63, 3.8) is 0 Å². The summed E-state index contributed by atoms with van der Waals surface area (Å²) >= 11 is 0. The molecule has 0 bridgehead atoms. The van der Waals surface area contributed by atoms with Gasteiger partial charge < -0.3 is 14.8 Å². The molecule has 0 spiro atoms. The lowest BCUT2D eigenvalue weighted by Gasteiger charge is -2.18. The minimum atomic E-state index is -0.786. The molecule has 1 atom stereocenters. The van der Waals surface area contributed by atoms with E-state index in [4.69, 9.17) is 4.74 Å². The Morgan fingerprint density at radius 1 is 1.20 bits per heavy atom. The molecule has 1 aromatic carbocycles. The number of methoxy groups -OCH3 is 1. The molecule has 0 fully saturated rings. The highest BCUT2D eigenvalue weighted by atomic mass is 19.1. The van der Waals surface area contributed by atoms with Crippen LogP contribution in [0.15, 0.2) is 30.3 Å². The Morgan fingerprint density at radius 2 is 1.84 bits per heavy atom. The molecule has 0 aliphatic rings. The van der Waals surface area contributed by atoms with Crippen LogP contribution in [0.5, 0.6) is 0 Å². The third-order valence-electron chi connectivity index (χ3n) is 3.16. The van der Waals surface area contributed by atoms with Gasteiger partial charge in [0.05, 0.1) is 7.11 Å². The fourth-order valence-electron chi connectivity index (χ4n) is 1.99. The van der Waals surface area contributed by atoms with Crippen LogP contribution in [-0.4, -0.2) is 37.6 Å². The van der Waals surface area contributed by atoms with Crippen LogP contribution >= 0.6 is 0 Å². The number of hydrogen-bond acceptors (Lipinski definition) is 5. The van der Waals surface area contributed by atoms with E-state index < -0.39 is 30.5 Å². The fourth-order valence-corrected chi connectivity index (χ4v) is 1.99. The zero-order valence-corrected chi connectivity index (χ0v) is 14.5. The van der Waals surface area contributed by atoms with Gasteiger partial charge in [-0.25, -0.2) is 14.0 Å². The third-order valence-corrected chi connectivity index (χ3v) is 3.16. The molecular weight excluding hydrogens is 329 g/mol. The molecule has 1 aromatic rings. The second-order valence-corrected chi connectivity index (χ2v) is 5.77. The molecule has 7 heteroatoms. The van der Waals surface area contributed by atoms with E-state index in [-0.39, 0.29) is 11.7 Å². The zero-order valence-electron chi connectivity index (χ0n) is 14.5. The highest BCUT2D eigenvalue weighted by Crippen LogP contribution is 2.07. The number of halogens is 1. The summed E-state index contributed by atoms with van der Waals surface area (Å²) in [5, 5.41) is 2.48. The lowest BCUT2D eigenvalue weighted by atomic mass is 10.0. The highest BCUT2D eigenvalue weighted by Gasteiger charge is 2.22. The second-order valence-electron chi connectivity index (χ2n) is 5.77. The predicted octanol–water partition coefficient (Wildman–Crippen LogP) is 2.09. The van der Waals surface area contributed by atoms with Gasteiger partial charge in [0, 0.05) is 6.08 Å². The SMILES string of the molecule is COC(=O)[C@@H](CC(C)C)NC(=O)COC(=O)/C=C/c1ccc(F)cc1. The maximum absolute atomic E-state index is 12.8. The van der Waals surface area contributed by atoms with E-state index >= 15 is 0 Å². The van der Waals surface area contributed by atoms with E-state index in [1.54, 1.807) is 0 Å². The van der Waals surface area contributed by atoms with Crippen LogP contribution in [0.4, 0.5) is 4.39 Å². The first kappa shape index (κ1) is 20.3. The van der Waals surface area contributed by atoms with E-state index in [2.05, 4.69) is 10.1 Å². The molecule has 0 unspecified atom stereocenters. The van der Waals surface area contributed by atoms with Crippen molar-refractivity contribution in [1.82, 2.24) is 5.32 Å². The van der Waals surface area contributed by atoms with Gasteiger partial charge in [-0.1, -0.05) is 26.0 Å². The maximum Gasteiger partial charge on any atom is 0.331 e. The van der Waals surface area contributed by atoms with E-state index in [0.717, 1.165) is 6.08 Å². The van der Waals surface area contributed by atoms with Crippen molar-refractivity contribution in [2.75, 3.05) is 13.7 Å². The quantitative estimate of drug-likeness (QED) is 0.573. The molecule has 136 valence electrons. The largest absolute Gasteiger partial charge is 0.467 e. The van der Waals surface area contributed by atoms with Gasteiger partial charge in [-0.3, -0.25) is 4.79 Å². The lowest BCUT2D eigenvalue weighted by molar-refractivity contribution is -0.148. The van der Waals surface area contributed by atoms with Crippen LogP contribution in [0.2, 0.25) is 0 Å². The molecule has 0 aliphatic heterocycles. The van der Waals surface area contributed by atoms with Gasteiger partial charge in [-0.2, -0.15) is 0 Å². The number of carbonyl (C=O) groups excluding carboxylic acids is 3. The smallest absolute Gasteiger partial charge is 0.331 e. The normalized spacial score (nSPS) is 12.0. The number of nitrogens with one attached hydrogen (secondary N) is 1. The first-order chi connectivity index (χ1) is 11.8. The molecule has 1 rings (SSSR count). The molecule has 0 saturated heterocycles. The second kappa shape index (κ2) is 10.2. The molecular formula is C18H22FNO5. The number of hydrogen-bond donors (Lipinski definition) is 1. The average molecular weight is 351 g/mol. The van der Waals surface area contributed by atoms with E-state index in [0.29, 0.717) is 12.0 Å². The standard InChI is InChI=1S/C18H22FNO5/c1-12(2)10-15(18(23)24-3)20-16(21)11-25-17(22)9-6-13-4-7-14(19)8-5-13/h4-9,12,15H,10-11H2,1-3H3,(H,20,21)/b9-6+/t15-/m1/s1. The molecule has 25 heavy (non-hydrogen) atoms. The average Bonchev–Trinajstić information content (AvgIpc) is 2.57. The van der Waals surface area contributed by atoms with Crippen LogP contribution < -0.4 is 5.32 Å². The van der Waals surface area contributed by atoms with Crippen LogP contribution in [-0.2, 0) is 23.9 Å². The molecule has 0 heterocycles. The van der Waals surface area contributed by atoms with Crippen molar-refractivity contribution in [3.8, 4) is 0 Å². The van der Waals surface area contributed by atoms with Crippen molar-refractivity contribution in [2.24, 2.45) is 5.92 Å². The Labute approximate surface area is 146 Å². The first-order valence-electron chi connectivity index (χ1n) is 7.79. The van der Waals surface area contributed by atoms with Crippen molar-refractivity contribution in [2.45, 2.75) is 26.3 Å². The van der Waals surface area contributed by atoms with Gasteiger partial charge in [-0.05, 0) is 36.1 Å². The summed E-state index contributed by atoms with van der Waals surface area (Å²) in [6.45, 7) is 3.29. The lowest BCUT2D eigenvalue weighted by Crippen LogP contribution is -2.44. The number of amides is 1. The molecule has 0 aromatic heterocycles. The maximum atomic E-state index is 12.8. The zero-order chi connectivity index (χ0) is 18.8. The fraction of sp³-hybridized carbons (Fsp3) is 0.389. The molecule has 0 saturated carbocycles. The van der Waals surface area contributed by atoms with Gasteiger partial charge >= 0.3 is 11.9 Å². The first-order valence-corrected chi connectivity index (χ1v) is 7.79. The Bertz CT molecular complexity index is 625. The van der Waals surface area contributed by atoms with Gasteiger partial charge in [0.1, 0.15) is 11.9 Å². The van der Waals surface area contributed by atoms with Gasteiger partial charge in [-0.15, -0.1) is 0 Å². The number of esters is 2. The molecule has 1 N–H and O–H groups in total. The van der Waals surface area contributed by atoms with Crippen LogP contribution in [0.1, 0.15) is 25.8 Å². The van der Waals surface area contributed by atoms with E-state index in [1.807, 2.05) is 13.8 Å². The summed E-state index contributed by atoms with van der Waals surface area (Å²) in [4.78, 5) is 35.0. The van der Waals surface area contributed by atoms with E-state index in [1.165, 1.54) is 37.5 Å². The monoisotopic (exact) mass is 351 g/mol. The summed E-state index contributed by atoms with van der Waals surface area (Å²) in [7, 11) is 1.24. The summed E-state index contributed by atoms with van der Waals surface area (Å²) in [5.41, 5.74) is 0.616. The summed E-state index contributed by atoms with van der Waals surface area (Å²) in [5.74, 6) is -2.08. The summed E-state index contributed by atoms with van der Waals surface area (Å²) in [6.07, 6.45) is 2.99. The van der Waals surface area contributed by atoms with Crippen molar-refractivity contribution in [3.05, 3.63) is 41.7 Å². The van der Waals surface area contributed by atoms with Crippen molar-refractivity contribution < 1.29 is 28.2 Å². The van der Waals surface area contributed by atoms with Crippen molar-refractivity contribution >= 4 is 23.9 Å². The third kappa shape index (κ3) is 8.10. The summed E-state index contributed by atoms with van der Waals surface area (Å²) in [6, 6.07) is 4.74. The highest BCUT2D eigenvalue weighted by molar-refractivity contribution is 5.90. The van der Waals surface area contributed by atoms with Gasteiger partial charge in [0.25, 0.3) is 5.91 Å². The van der Waals surface area contributed by atoms with E-state index in [9.17, 15) is 18.8 Å². The molecule has 1 amide bonds. The Hall–Kier alpha value is -2.70. The number of benzene rings is 1. The predicted molar refractivity (Wildman–Crippen MR) is 89.8 cm³/mol. The van der Waals surface area contributed by atoms with Crippen molar-refractivity contribution in [1.29, 1.82) is 0 Å². The number of ether oxygens (including phenoxy) is 2. The Kier molecular flexibility index (Phi) is 8.32.